The molecule has 1 aromatic heterocycles. The second-order valence-corrected chi connectivity index (χ2v) is 3.78. The Kier molecular flexibility index (Phi) is 3.61. The van der Waals surface area contributed by atoms with Gasteiger partial charge in [0.05, 0.1) is 12.7 Å². The molecule has 6 nitrogen and oxygen atoms in total. The van der Waals surface area contributed by atoms with Crippen molar-refractivity contribution in [2.45, 2.75) is 0 Å². The maximum absolute atomic E-state index is 11.3. The first-order chi connectivity index (χ1) is 9.10. The van der Waals surface area contributed by atoms with E-state index < -0.39 is 11.7 Å². The summed E-state index contributed by atoms with van der Waals surface area (Å²) in [5, 5.41) is 0. The molecular formula is C13H12N2O4. The molecule has 1 aromatic carbocycles. The molecule has 0 N–H and O–H groups in total. The summed E-state index contributed by atoms with van der Waals surface area (Å²) in [4.78, 5) is 26.3. The molecule has 2 rings (SSSR count). The van der Waals surface area contributed by atoms with Crippen LogP contribution in [0.2, 0.25) is 0 Å². The summed E-state index contributed by atoms with van der Waals surface area (Å²) in [5.41, 5.74) is 0.0236. The molecule has 2 aromatic rings. The molecule has 98 valence electrons. The van der Waals surface area contributed by atoms with Gasteiger partial charge in [0, 0.05) is 19.3 Å². The number of hydrogen-bond donors (Lipinski definition) is 0. The standard InChI is InChI=1S/C13H12N2O4/c1-15-8-7-11(14-13(15)17)19-10-5-3-9(4-6-10)12(16)18-2/h3-8H,1-2H3. The van der Waals surface area contributed by atoms with Crippen molar-refractivity contribution in [2.24, 2.45) is 7.05 Å². The Morgan fingerprint density at radius 1 is 1.21 bits per heavy atom. The van der Waals surface area contributed by atoms with Crippen LogP contribution in [0, 0.1) is 0 Å². The van der Waals surface area contributed by atoms with Crippen molar-refractivity contribution in [3.8, 4) is 11.6 Å². The van der Waals surface area contributed by atoms with Gasteiger partial charge in [0.25, 0.3) is 0 Å². The van der Waals surface area contributed by atoms with Crippen molar-refractivity contribution >= 4 is 5.97 Å². The van der Waals surface area contributed by atoms with Gasteiger partial charge >= 0.3 is 11.7 Å². The maximum atomic E-state index is 11.3. The number of ether oxygens (including phenoxy) is 2. The molecule has 0 atom stereocenters. The van der Waals surface area contributed by atoms with Crippen LogP contribution in [0.1, 0.15) is 10.4 Å². The van der Waals surface area contributed by atoms with Gasteiger partial charge in [0.1, 0.15) is 5.75 Å². The molecule has 0 saturated heterocycles. The zero-order valence-corrected chi connectivity index (χ0v) is 10.5. The molecule has 0 spiro atoms. The molecule has 0 bridgehead atoms. The molecule has 19 heavy (non-hydrogen) atoms. The minimum atomic E-state index is -0.418. The van der Waals surface area contributed by atoms with Crippen molar-refractivity contribution in [3.63, 3.8) is 0 Å². The fourth-order valence-electron chi connectivity index (χ4n) is 1.40. The first-order valence-corrected chi connectivity index (χ1v) is 5.50. The van der Waals surface area contributed by atoms with E-state index in [1.165, 1.54) is 11.7 Å². The summed E-state index contributed by atoms with van der Waals surface area (Å²) in [6.07, 6.45) is 1.56. The minimum Gasteiger partial charge on any atom is -0.465 e. The van der Waals surface area contributed by atoms with Gasteiger partial charge in [0.2, 0.25) is 5.88 Å². The Hall–Kier alpha value is -2.63. The molecule has 0 aliphatic rings. The van der Waals surface area contributed by atoms with E-state index >= 15 is 0 Å². The zero-order chi connectivity index (χ0) is 13.8. The van der Waals surface area contributed by atoms with Gasteiger partial charge in [-0.1, -0.05) is 0 Å². The van der Waals surface area contributed by atoms with Gasteiger partial charge in [-0.25, -0.2) is 9.59 Å². The number of benzene rings is 1. The van der Waals surface area contributed by atoms with Gasteiger partial charge in [-0.2, -0.15) is 4.98 Å². The van der Waals surface area contributed by atoms with Gasteiger partial charge in [-0.05, 0) is 24.3 Å². The monoisotopic (exact) mass is 260 g/mol. The predicted molar refractivity (Wildman–Crippen MR) is 67.3 cm³/mol. The number of aryl methyl sites for hydroxylation is 1. The number of hydrogen-bond acceptors (Lipinski definition) is 5. The van der Waals surface area contributed by atoms with Crippen molar-refractivity contribution in [1.29, 1.82) is 0 Å². The van der Waals surface area contributed by atoms with Crippen LogP contribution in [0.15, 0.2) is 41.3 Å². The third-order valence-corrected chi connectivity index (χ3v) is 2.45. The lowest BCUT2D eigenvalue weighted by molar-refractivity contribution is 0.0600. The van der Waals surface area contributed by atoms with E-state index in [-0.39, 0.29) is 5.88 Å². The summed E-state index contributed by atoms with van der Waals surface area (Å²) in [7, 11) is 2.92. The molecule has 1 heterocycles. The summed E-state index contributed by atoms with van der Waals surface area (Å²) < 4.78 is 11.3. The minimum absolute atomic E-state index is 0.203. The van der Waals surface area contributed by atoms with E-state index in [4.69, 9.17) is 4.74 Å². The fourth-order valence-corrected chi connectivity index (χ4v) is 1.40. The topological polar surface area (TPSA) is 70.4 Å². The second-order valence-electron chi connectivity index (χ2n) is 3.78. The highest BCUT2D eigenvalue weighted by Crippen LogP contribution is 2.18. The Bertz CT molecular complexity index is 646. The van der Waals surface area contributed by atoms with Crippen LogP contribution < -0.4 is 10.4 Å². The van der Waals surface area contributed by atoms with Crippen molar-refractivity contribution < 1.29 is 14.3 Å². The molecular weight excluding hydrogens is 248 g/mol. The lowest BCUT2D eigenvalue weighted by atomic mass is 10.2. The fraction of sp³-hybridized carbons (Fsp3) is 0.154. The second kappa shape index (κ2) is 5.34. The van der Waals surface area contributed by atoms with Crippen LogP contribution in [0.4, 0.5) is 0 Å². The van der Waals surface area contributed by atoms with Crippen molar-refractivity contribution in [2.75, 3.05) is 7.11 Å². The summed E-state index contributed by atoms with van der Waals surface area (Å²) in [6, 6.07) is 7.93. The molecule has 6 heteroatoms. The highest BCUT2D eigenvalue weighted by atomic mass is 16.5. The quantitative estimate of drug-likeness (QED) is 0.779. The summed E-state index contributed by atoms with van der Waals surface area (Å²) >= 11 is 0. The molecule has 0 aliphatic heterocycles. The van der Waals surface area contributed by atoms with E-state index in [0.717, 1.165) is 0 Å². The SMILES string of the molecule is COC(=O)c1ccc(Oc2ccn(C)c(=O)n2)cc1. The number of esters is 1. The first kappa shape index (κ1) is 12.8. The molecule has 0 aliphatic carbocycles. The van der Waals surface area contributed by atoms with Crippen molar-refractivity contribution in [3.05, 3.63) is 52.6 Å². The normalized spacial score (nSPS) is 10.0. The third kappa shape index (κ3) is 2.98. The zero-order valence-electron chi connectivity index (χ0n) is 10.5. The largest absolute Gasteiger partial charge is 0.465 e. The average molecular weight is 260 g/mol. The molecule has 0 amide bonds. The molecule has 0 radical (unpaired) electrons. The Morgan fingerprint density at radius 2 is 1.89 bits per heavy atom. The van der Waals surface area contributed by atoms with Crippen LogP contribution in [-0.4, -0.2) is 22.6 Å². The van der Waals surface area contributed by atoms with E-state index in [0.29, 0.717) is 11.3 Å². The number of methoxy groups -OCH3 is 1. The molecule has 0 fully saturated rings. The van der Waals surface area contributed by atoms with E-state index in [1.54, 1.807) is 43.6 Å². The van der Waals surface area contributed by atoms with Crippen LogP contribution in [-0.2, 0) is 11.8 Å². The first-order valence-electron chi connectivity index (χ1n) is 5.50. The smallest absolute Gasteiger partial charge is 0.350 e. The van der Waals surface area contributed by atoms with E-state index in [1.807, 2.05) is 0 Å². The number of carbonyl (C=O) groups is 1. The number of aromatic nitrogens is 2. The summed E-state index contributed by atoms with van der Waals surface area (Å²) in [6.45, 7) is 0. The average Bonchev–Trinajstić information content (AvgIpc) is 2.43. The van der Waals surface area contributed by atoms with Gasteiger partial charge < -0.3 is 14.0 Å². The van der Waals surface area contributed by atoms with Crippen LogP contribution in [0.5, 0.6) is 11.6 Å². The Morgan fingerprint density at radius 3 is 2.47 bits per heavy atom. The van der Waals surface area contributed by atoms with Gasteiger partial charge in [-0.3, -0.25) is 0 Å². The lowest BCUT2D eigenvalue weighted by Gasteiger charge is -2.05. The molecule has 0 saturated carbocycles. The Labute approximate surface area is 109 Å². The van der Waals surface area contributed by atoms with Crippen LogP contribution >= 0.6 is 0 Å². The summed E-state index contributed by atoms with van der Waals surface area (Å²) in [5.74, 6) is 0.264. The van der Waals surface area contributed by atoms with Crippen LogP contribution in [0.3, 0.4) is 0 Å². The maximum Gasteiger partial charge on any atom is 0.350 e. The van der Waals surface area contributed by atoms with E-state index in [2.05, 4.69) is 9.72 Å². The Balaban J connectivity index is 2.17. The third-order valence-electron chi connectivity index (χ3n) is 2.45. The highest BCUT2D eigenvalue weighted by Gasteiger charge is 2.06. The van der Waals surface area contributed by atoms with Gasteiger partial charge in [0.15, 0.2) is 0 Å². The van der Waals surface area contributed by atoms with E-state index in [9.17, 15) is 9.59 Å². The van der Waals surface area contributed by atoms with Gasteiger partial charge in [-0.15, -0.1) is 0 Å². The highest BCUT2D eigenvalue weighted by molar-refractivity contribution is 5.89. The van der Waals surface area contributed by atoms with Crippen LogP contribution in [0.25, 0.3) is 0 Å². The number of rotatable bonds is 3. The van der Waals surface area contributed by atoms with Crippen molar-refractivity contribution in [1.82, 2.24) is 9.55 Å². The lowest BCUT2D eigenvalue weighted by Crippen LogP contribution is -2.18. The number of carbonyl (C=O) groups excluding carboxylic acids is 1. The number of nitrogens with zero attached hydrogens (tertiary/aromatic N) is 2. The predicted octanol–water partition coefficient (Wildman–Crippen LogP) is 1.36. The molecule has 0 unspecified atom stereocenters.